The summed E-state index contributed by atoms with van der Waals surface area (Å²) in [6, 6.07) is 25.7. The maximum Gasteiger partial charge on any atom is 0.320 e. The van der Waals surface area contributed by atoms with E-state index >= 15 is 0 Å². The van der Waals surface area contributed by atoms with Crippen LogP contribution in [0.3, 0.4) is 0 Å². The highest BCUT2D eigenvalue weighted by atomic mass is 32.2. The number of hydrogen-bond acceptors (Lipinski definition) is 5. The predicted molar refractivity (Wildman–Crippen MR) is 195 cm³/mol. The molecule has 4 aromatic rings. The molecule has 1 saturated carbocycles. The highest BCUT2D eigenvalue weighted by molar-refractivity contribution is 7.93. The molecule has 0 spiro atoms. The van der Waals surface area contributed by atoms with Crippen LogP contribution >= 0.6 is 0 Å². The summed E-state index contributed by atoms with van der Waals surface area (Å²) in [5.74, 6) is -0.900. The summed E-state index contributed by atoms with van der Waals surface area (Å²) in [6.45, 7) is 3.72. The van der Waals surface area contributed by atoms with Crippen LogP contribution in [0.5, 0.6) is 0 Å². The van der Waals surface area contributed by atoms with Crippen molar-refractivity contribution in [1.29, 1.82) is 0 Å². The predicted octanol–water partition coefficient (Wildman–Crippen LogP) is 7.52. The van der Waals surface area contributed by atoms with E-state index in [4.69, 9.17) is 5.11 Å². The van der Waals surface area contributed by atoms with Gasteiger partial charge in [-0.2, -0.15) is 0 Å². The Labute approximate surface area is 293 Å². The first kappa shape index (κ1) is 36.1. The molecule has 5 rings (SSSR count). The molecule has 50 heavy (non-hydrogen) atoms. The first-order valence-electron chi connectivity index (χ1n) is 17.0. The summed E-state index contributed by atoms with van der Waals surface area (Å²) in [6.07, 6.45) is 6.23. The first-order chi connectivity index (χ1) is 24.1. The van der Waals surface area contributed by atoms with Gasteiger partial charge in [0.1, 0.15) is 4.90 Å². The zero-order valence-electron chi connectivity index (χ0n) is 28.4. The van der Waals surface area contributed by atoms with Crippen LogP contribution in [0.25, 0.3) is 0 Å². The topological polar surface area (TPSA) is 154 Å². The molecule has 1 atom stereocenters. The van der Waals surface area contributed by atoms with Gasteiger partial charge in [0.15, 0.2) is 0 Å². The van der Waals surface area contributed by atoms with E-state index in [-0.39, 0.29) is 23.5 Å². The van der Waals surface area contributed by atoms with Crippen LogP contribution in [0.15, 0.2) is 95.9 Å². The normalized spacial score (nSPS) is 14.0. The van der Waals surface area contributed by atoms with Gasteiger partial charge in [-0.15, -0.1) is 0 Å². The number of amides is 3. The number of urea groups is 1. The summed E-state index contributed by atoms with van der Waals surface area (Å²) < 4.78 is 30.3. The zero-order chi connectivity index (χ0) is 35.7. The van der Waals surface area contributed by atoms with Crippen molar-refractivity contribution in [1.82, 2.24) is 10.6 Å². The fraction of sp³-hybridized carbons (Fsp3) is 0.308. The Morgan fingerprint density at radius 1 is 0.840 bits per heavy atom. The highest BCUT2D eigenvalue weighted by Gasteiger charge is 2.26. The standard InChI is InChI=1S/C39H44N4O6S/c1-3-33-26(2)14-23-34(37(33)50(48,49)43-32-12-8-5-9-13-32)41-39(47)42-36(29-17-15-28(16-18-29)27-10-6-4-7-11-27)30-19-21-31(22-20-30)38(46)40-25-24-35(44)45/h5,8-9,12-23,27,36,43H,3-4,6-7,10-11,24-25H2,1-2H3,(H,40,46)(H,44,45)(H2,41,42,47). The smallest absolute Gasteiger partial charge is 0.320 e. The number of carbonyl (C=O) groups excluding carboxylic acids is 2. The number of benzene rings is 4. The number of carboxylic acids is 1. The second kappa shape index (κ2) is 16.5. The van der Waals surface area contributed by atoms with Crippen molar-refractivity contribution >= 4 is 39.3 Å². The van der Waals surface area contributed by atoms with Crippen LogP contribution < -0.4 is 20.7 Å². The molecule has 1 aliphatic carbocycles. The van der Waals surface area contributed by atoms with Gasteiger partial charge in [0.2, 0.25) is 0 Å². The molecule has 1 unspecified atom stereocenters. The number of anilines is 2. The molecule has 4 aromatic carbocycles. The monoisotopic (exact) mass is 696 g/mol. The van der Waals surface area contributed by atoms with Crippen molar-refractivity contribution in [2.45, 2.75) is 75.6 Å². The number of nitrogens with one attached hydrogen (secondary N) is 4. The molecule has 5 N–H and O–H groups in total. The second-order valence-corrected chi connectivity index (χ2v) is 14.2. The van der Waals surface area contributed by atoms with Crippen LogP contribution in [0.4, 0.5) is 16.2 Å². The maximum absolute atomic E-state index is 13.8. The van der Waals surface area contributed by atoms with Gasteiger partial charge in [0.05, 0.1) is 18.2 Å². The van der Waals surface area contributed by atoms with Crippen molar-refractivity contribution in [2.24, 2.45) is 0 Å². The minimum Gasteiger partial charge on any atom is -0.481 e. The fourth-order valence-electron chi connectivity index (χ4n) is 6.54. The van der Waals surface area contributed by atoms with E-state index in [2.05, 4.69) is 32.8 Å². The van der Waals surface area contributed by atoms with Crippen LogP contribution in [-0.4, -0.2) is 38.0 Å². The SMILES string of the molecule is CCc1c(C)ccc(NC(=O)NC(c2ccc(C(=O)NCCC(=O)O)cc2)c2ccc(C3CCCCC3)cc2)c1S(=O)(=O)Nc1ccccc1. The summed E-state index contributed by atoms with van der Waals surface area (Å²) >= 11 is 0. The van der Waals surface area contributed by atoms with Gasteiger partial charge in [-0.05, 0) is 90.3 Å². The van der Waals surface area contributed by atoms with Crippen LogP contribution in [0.2, 0.25) is 0 Å². The Morgan fingerprint density at radius 3 is 2.10 bits per heavy atom. The van der Waals surface area contributed by atoms with Crippen molar-refractivity contribution < 1.29 is 27.9 Å². The molecule has 1 fully saturated rings. The molecule has 0 saturated heterocycles. The number of aryl methyl sites for hydroxylation is 1. The zero-order valence-corrected chi connectivity index (χ0v) is 29.2. The number of carbonyl (C=O) groups is 3. The molecule has 0 radical (unpaired) electrons. The number of carboxylic acid groups (broad SMARTS) is 1. The first-order valence-corrected chi connectivity index (χ1v) is 18.5. The quantitative estimate of drug-likeness (QED) is 0.0975. The van der Waals surface area contributed by atoms with Gasteiger partial charge in [0, 0.05) is 17.8 Å². The molecule has 0 heterocycles. The molecule has 3 amide bonds. The van der Waals surface area contributed by atoms with E-state index < -0.39 is 34.0 Å². The maximum atomic E-state index is 13.8. The van der Waals surface area contributed by atoms with Crippen LogP contribution in [0, 0.1) is 6.92 Å². The minimum absolute atomic E-state index is 0.00491. The van der Waals surface area contributed by atoms with E-state index in [1.165, 1.54) is 24.8 Å². The lowest BCUT2D eigenvalue weighted by atomic mass is 9.83. The number of rotatable bonds is 13. The molecule has 11 heteroatoms. The molecule has 262 valence electrons. The van der Waals surface area contributed by atoms with Crippen molar-refractivity contribution in [3.63, 3.8) is 0 Å². The molecular weight excluding hydrogens is 653 g/mol. The molecule has 10 nitrogen and oxygen atoms in total. The van der Waals surface area contributed by atoms with E-state index in [0.717, 1.165) is 24.0 Å². The lowest BCUT2D eigenvalue weighted by Crippen LogP contribution is -2.34. The average molecular weight is 697 g/mol. The van der Waals surface area contributed by atoms with Crippen molar-refractivity contribution in [3.8, 4) is 0 Å². The van der Waals surface area contributed by atoms with Gasteiger partial charge in [-0.1, -0.05) is 86.8 Å². The molecule has 0 bridgehead atoms. The van der Waals surface area contributed by atoms with Crippen molar-refractivity contribution in [2.75, 3.05) is 16.6 Å². The van der Waals surface area contributed by atoms with Gasteiger partial charge in [-0.25, -0.2) is 13.2 Å². The Bertz CT molecular complexity index is 1910. The lowest BCUT2D eigenvalue weighted by Gasteiger charge is -2.24. The largest absolute Gasteiger partial charge is 0.481 e. The summed E-state index contributed by atoms with van der Waals surface area (Å²) in [7, 11) is -4.09. The summed E-state index contributed by atoms with van der Waals surface area (Å²) in [4.78, 5) is 37.3. The number of para-hydroxylation sites is 1. The average Bonchev–Trinajstić information content (AvgIpc) is 3.11. The minimum atomic E-state index is -4.09. The summed E-state index contributed by atoms with van der Waals surface area (Å²) in [5.41, 5.74) is 5.06. The Hall–Kier alpha value is -5.16. The summed E-state index contributed by atoms with van der Waals surface area (Å²) in [5, 5.41) is 17.3. The van der Waals surface area contributed by atoms with E-state index in [9.17, 15) is 22.8 Å². The molecule has 1 aliphatic rings. The number of hydrogen-bond donors (Lipinski definition) is 5. The van der Waals surface area contributed by atoms with Gasteiger partial charge < -0.3 is 21.1 Å². The lowest BCUT2D eigenvalue weighted by molar-refractivity contribution is -0.136. The second-order valence-electron chi connectivity index (χ2n) is 12.6. The van der Waals surface area contributed by atoms with E-state index in [1.54, 1.807) is 66.7 Å². The van der Waals surface area contributed by atoms with Gasteiger partial charge in [-0.3, -0.25) is 14.3 Å². The van der Waals surface area contributed by atoms with Gasteiger partial charge >= 0.3 is 12.0 Å². The Balaban J connectivity index is 1.43. The highest BCUT2D eigenvalue weighted by Crippen LogP contribution is 2.34. The van der Waals surface area contributed by atoms with E-state index in [1.807, 2.05) is 26.0 Å². The van der Waals surface area contributed by atoms with Crippen molar-refractivity contribution in [3.05, 3.63) is 124 Å². The third kappa shape index (κ3) is 9.09. The third-order valence-electron chi connectivity index (χ3n) is 9.14. The van der Waals surface area contributed by atoms with Crippen LogP contribution in [0.1, 0.15) is 95.6 Å². The Morgan fingerprint density at radius 2 is 1.48 bits per heavy atom. The molecule has 0 aromatic heterocycles. The van der Waals surface area contributed by atoms with Crippen LogP contribution in [-0.2, 0) is 21.2 Å². The Kier molecular flexibility index (Phi) is 11.9. The molecule has 0 aliphatic heterocycles. The fourth-order valence-corrected chi connectivity index (χ4v) is 8.13. The number of aliphatic carboxylic acids is 1. The van der Waals surface area contributed by atoms with E-state index in [0.29, 0.717) is 34.7 Å². The van der Waals surface area contributed by atoms with Gasteiger partial charge in [0.25, 0.3) is 15.9 Å². The number of sulfonamides is 1. The third-order valence-corrected chi connectivity index (χ3v) is 10.7. The molecular formula is C39H44N4O6S.